The van der Waals surface area contributed by atoms with E-state index in [0.717, 1.165) is 28.1 Å². The van der Waals surface area contributed by atoms with Gasteiger partial charge in [-0.3, -0.25) is 0 Å². The van der Waals surface area contributed by atoms with Crippen molar-refractivity contribution in [3.8, 4) is 28.4 Å². The molecule has 0 aliphatic carbocycles. The zero-order valence-corrected chi connectivity index (χ0v) is 15.5. The third-order valence-electron chi connectivity index (χ3n) is 4.57. The van der Waals surface area contributed by atoms with Crippen LogP contribution in [-0.2, 0) is 6.61 Å². The molecule has 140 valence electrons. The first-order chi connectivity index (χ1) is 14.4. The van der Waals surface area contributed by atoms with Gasteiger partial charge in [-0.25, -0.2) is 4.98 Å². The van der Waals surface area contributed by atoms with Crippen LogP contribution in [-0.4, -0.2) is 24.8 Å². The number of hydrogen-bond acceptors (Lipinski definition) is 5. The lowest BCUT2D eigenvalue weighted by atomic mass is 10.2. The van der Waals surface area contributed by atoms with E-state index in [0.29, 0.717) is 18.2 Å². The van der Waals surface area contributed by atoms with Crippen LogP contribution in [0.4, 0.5) is 0 Å². The van der Waals surface area contributed by atoms with E-state index in [2.05, 4.69) is 20.3 Å². The molecule has 0 bridgehead atoms. The van der Waals surface area contributed by atoms with Gasteiger partial charge in [0.05, 0.1) is 11.9 Å². The van der Waals surface area contributed by atoms with Crippen LogP contribution < -0.4 is 4.74 Å². The molecule has 2 aromatic heterocycles. The first-order valence-electron chi connectivity index (χ1n) is 9.28. The molecule has 2 heterocycles. The molecule has 0 amide bonds. The molecule has 0 aliphatic heterocycles. The molecule has 5 aromatic rings. The Balaban J connectivity index is 1.38. The Morgan fingerprint density at radius 1 is 0.724 bits per heavy atom. The third kappa shape index (κ3) is 3.55. The van der Waals surface area contributed by atoms with Gasteiger partial charge in [0.15, 0.2) is 5.82 Å². The van der Waals surface area contributed by atoms with Gasteiger partial charge in [0.1, 0.15) is 12.4 Å². The first kappa shape index (κ1) is 17.1. The van der Waals surface area contributed by atoms with Gasteiger partial charge in [0.25, 0.3) is 5.78 Å². The summed E-state index contributed by atoms with van der Waals surface area (Å²) in [6, 6.07) is 27.7. The molecule has 5 rings (SSSR count). The summed E-state index contributed by atoms with van der Waals surface area (Å²) in [6.45, 7) is 0.530. The summed E-state index contributed by atoms with van der Waals surface area (Å²) in [5.41, 5.74) is 3.78. The summed E-state index contributed by atoms with van der Waals surface area (Å²) in [7, 11) is 0. The minimum Gasteiger partial charge on any atom is -0.489 e. The molecule has 0 atom stereocenters. The topological polar surface area (TPSA) is 65.2 Å². The van der Waals surface area contributed by atoms with Crippen molar-refractivity contribution in [1.82, 2.24) is 24.8 Å². The number of aromatic nitrogens is 5. The SMILES string of the molecule is c1ccc(COc2ccc(-c3nnc4nc(-c5ccccc5)cnn34)cc2)cc1. The molecule has 0 saturated heterocycles. The average molecular weight is 379 g/mol. The summed E-state index contributed by atoms with van der Waals surface area (Å²) in [5.74, 6) is 1.90. The highest BCUT2D eigenvalue weighted by atomic mass is 16.5. The van der Waals surface area contributed by atoms with Crippen LogP contribution in [0.25, 0.3) is 28.4 Å². The highest BCUT2D eigenvalue weighted by molar-refractivity contribution is 5.62. The second-order valence-electron chi connectivity index (χ2n) is 6.54. The van der Waals surface area contributed by atoms with E-state index >= 15 is 0 Å². The van der Waals surface area contributed by atoms with E-state index < -0.39 is 0 Å². The van der Waals surface area contributed by atoms with Crippen LogP contribution in [0.5, 0.6) is 5.75 Å². The van der Waals surface area contributed by atoms with Gasteiger partial charge < -0.3 is 4.74 Å². The molecule has 0 saturated carbocycles. The molecule has 29 heavy (non-hydrogen) atoms. The van der Waals surface area contributed by atoms with Crippen molar-refractivity contribution in [2.75, 3.05) is 0 Å². The van der Waals surface area contributed by atoms with Crippen LogP contribution in [0.2, 0.25) is 0 Å². The standard InChI is InChI=1S/C23H17N5O/c1-3-7-17(8-4-1)16-29-20-13-11-19(12-14-20)22-26-27-23-25-21(15-24-28(22)23)18-9-5-2-6-10-18/h1-15H,16H2. The quantitative estimate of drug-likeness (QED) is 0.452. The smallest absolute Gasteiger partial charge is 0.272 e. The number of hydrogen-bond donors (Lipinski definition) is 0. The summed E-state index contributed by atoms with van der Waals surface area (Å²) in [6.07, 6.45) is 1.73. The van der Waals surface area contributed by atoms with Crippen molar-refractivity contribution >= 4 is 5.78 Å². The molecule has 0 spiro atoms. The van der Waals surface area contributed by atoms with Gasteiger partial charge in [-0.15, -0.1) is 10.2 Å². The first-order valence-corrected chi connectivity index (χ1v) is 9.28. The third-order valence-corrected chi connectivity index (χ3v) is 4.57. The Kier molecular flexibility index (Phi) is 4.42. The number of ether oxygens (including phenoxy) is 1. The highest BCUT2D eigenvalue weighted by Crippen LogP contribution is 2.22. The van der Waals surface area contributed by atoms with Crippen molar-refractivity contribution in [2.24, 2.45) is 0 Å². The van der Waals surface area contributed by atoms with E-state index in [1.165, 1.54) is 0 Å². The Labute approximate surface area is 167 Å². The van der Waals surface area contributed by atoms with Crippen molar-refractivity contribution in [3.63, 3.8) is 0 Å². The lowest BCUT2D eigenvalue weighted by molar-refractivity contribution is 0.306. The van der Waals surface area contributed by atoms with Gasteiger partial charge in [0, 0.05) is 11.1 Å². The Hall–Kier alpha value is -4.06. The molecule has 6 heteroatoms. The normalized spacial score (nSPS) is 10.9. The van der Waals surface area contributed by atoms with E-state index in [1.807, 2.05) is 84.9 Å². The van der Waals surface area contributed by atoms with Gasteiger partial charge >= 0.3 is 0 Å². The monoisotopic (exact) mass is 379 g/mol. The van der Waals surface area contributed by atoms with Gasteiger partial charge in [-0.1, -0.05) is 60.7 Å². The number of nitrogens with zero attached hydrogens (tertiary/aromatic N) is 5. The largest absolute Gasteiger partial charge is 0.489 e. The Morgan fingerprint density at radius 2 is 1.45 bits per heavy atom. The minimum atomic E-state index is 0.464. The van der Waals surface area contributed by atoms with Crippen LogP contribution >= 0.6 is 0 Å². The van der Waals surface area contributed by atoms with E-state index in [-0.39, 0.29) is 0 Å². The van der Waals surface area contributed by atoms with Crippen molar-refractivity contribution < 1.29 is 4.74 Å². The maximum atomic E-state index is 5.85. The maximum absolute atomic E-state index is 5.85. The van der Waals surface area contributed by atoms with E-state index in [9.17, 15) is 0 Å². The Morgan fingerprint density at radius 3 is 2.21 bits per heavy atom. The summed E-state index contributed by atoms with van der Waals surface area (Å²) in [4.78, 5) is 4.57. The van der Waals surface area contributed by atoms with E-state index in [1.54, 1.807) is 10.7 Å². The molecule has 0 aliphatic rings. The fourth-order valence-corrected chi connectivity index (χ4v) is 3.07. The highest BCUT2D eigenvalue weighted by Gasteiger charge is 2.12. The lowest BCUT2D eigenvalue weighted by Gasteiger charge is -2.07. The fourth-order valence-electron chi connectivity index (χ4n) is 3.07. The predicted molar refractivity (Wildman–Crippen MR) is 110 cm³/mol. The average Bonchev–Trinajstić information content (AvgIpc) is 3.23. The Bertz CT molecular complexity index is 1240. The van der Waals surface area contributed by atoms with Crippen LogP contribution in [0, 0.1) is 0 Å². The van der Waals surface area contributed by atoms with E-state index in [4.69, 9.17) is 4.74 Å². The number of fused-ring (bicyclic) bond motifs is 1. The molecular weight excluding hydrogens is 362 g/mol. The molecule has 3 aromatic carbocycles. The number of benzene rings is 3. The van der Waals surface area contributed by atoms with Gasteiger partial charge in [-0.05, 0) is 29.8 Å². The molecule has 0 fully saturated rings. The second-order valence-corrected chi connectivity index (χ2v) is 6.54. The fraction of sp³-hybridized carbons (Fsp3) is 0.0435. The predicted octanol–water partition coefficient (Wildman–Crippen LogP) is 4.43. The molecule has 0 N–H and O–H groups in total. The number of rotatable bonds is 5. The summed E-state index contributed by atoms with van der Waals surface area (Å²) < 4.78 is 7.49. The lowest BCUT2D eigenvalue weighted by Crippen LogP contribution is -1.98. The van der Waals surface area contributed by atoms with Gasteiger partial charge in [0.2, 0.25) is 0 Å². The van der Waals surface area contributed by atoms with Crippen molar-refractivity contribution in [3.05, 3.63) is 96.7 Å². The maximum Gasteiger partial charge on any atom is 0.272 e. The zero-order chi connectivity index (χ0) is 19.5. The van der Waals surface area contributed by atoms with Crippen molar-refractivity contribution in [2.45, 2.75) is 6.61 Å². The summed E-state index contributed by atoms with van der Waals surface area (Å²) >= 11 is 0. The summed E-state index contributed by atoms with van der Waals surface area (Å²) in [5, 5.41) is 12.9. The minimum absolute atomic E-state index is 0.464. The zero-order valence-electron chi connectivity index (χ0n) is 15.5. The van der Waals surface area contributed by atoms with Crippen LogP contribution in [0.1, 0.15) is 5.56 Å². The van der Waals surface area contributed by atoms with Gasteiger partial charge in [-0.2, -0.15) is 9.61 Å². The van der Waals surface area contributed by atoms with Crippen LogP contribution in [0.15, 0.2) is 91.1 Å². The molecule has 6 nitrogen and oxygen atoms in total. The van der Waals surface area contributed by atoms with Crippen LogP contribution in [0.3, 0.4) is 0 Å². The molecule has 0 radical (unpaired) electrons. The second kappa shape index (κ2) is 7.52. The molecular formula is C23H17N5O. The van der Waals surface area contributed by atoms with Crippen molar-refractivity contribution in [1.29, 1.82) is 0 Å². The molecule has 0 unspecified atom stereocenters.